The molecular weight excluding hydrogens is 355 g/mol. The predicted octanol–water partition coefficient (Wildman–Crippen LogP) is 2.63. The van der Waals surface area contributed by atoms with Gasteiger partial charge in [-0.3, -0.25) is 9.78 Å². The monoisotopic (exact) mass is 368 g/mol. The number of carbonyl (C=O) groups excluding carboxylic acids is 1. The fourth-order valence-electron chi connectivity index (χ4n) is 1.62. The topological polar surface area (TPSA) is 62.2 Å². The fourth-order valence-corrected chi connectivity index (χ4v) is 1.96. The van der Waals surface area contributed by atoms with E-state index in [1.165, 1.54) is 6.07 Å². The van der Waals surface area contributed by atoms with Gasteiger partial charge in [-0.1, -0.05) is 6.07 Å². The summed E-state index contributed by atoms with van der Waals surface area (Å²) in [5.74, 6) is -0.112. The third kappa shape index (κ3) is 3.44. The molecule has 98 valence electrons. The molecule has 1 aromatic carbocycles. The molecule has 0 radical (unpaired) electrons. The maximum atomic E-state index is 11.9. The molecule has 0 saturated heterocycles. The molecule has 0 atom stereocenters. The van der Waals surface area contributed by atoms with Crippen LogP contribution in [0.1, 0.15) is 21.6 Å². The van der Waals surface area contributed by atoms with Gasteiger partial charge in [0.2, 0.25) is 0 Å². The smallest absolute Gasteiger partial charge is 0.251 e. The standard InChI is InChI=1S/C14H13IN2O2/c1-9-3-2-6-16-12(9)8-17-14(19)10-4-5-11(15)13(18)7-10/h2-7,18H,8H2,1H3,(H,17,19). The minimum absolute atomic E-state index is 0.113. The summed E-state index contributed by atoms with van der Waals surface area (Å²) in [6.45, 7) is 2.32. The highest BCUT2D eigenvalue weighted by molar-refractivity contribution is 14.1. The molecule has 2 aromatic rings. The molecule has 1 heterocycles. The van der Waals surface area contributed by atoms with Crippen LogP contribution in [-0.4, -0.2) is 16.0 Å². The van der Waals surface area contributed by atoms with E-state index >= 15 is 0 Å². The summed E-state index contributed by atoms with van der Waals surface area (Å²) in [5, 5.41) is 12.4. The van der Waals surface area contributed by atoms with Crippen LogP contribution in [-0.2, 0) is 6.54 Å². The Hall–Kier alpha value is -1.63. The minimum atomic E-state index is -0.225. The van der Waals surface area contributed by atoms with E-state index in [2.05, 4.69) is 10.3 Å². The Balaban J connectivity index is 2.05. The van der Waals surface area contributed by atoms with E-state index in [-0.39, 0.29) is 11.7 Å². The number of hydrogen-bond donors (Lipinski definition) is 2. The molecule has 1 amide bonds. The maximum Gasteiger partial charge on any atom is 0.251 e. The first kappa shape index (κ1) is 13.8. The second-order valence-corrected chi connectivity index (χ2v) is 5.28. The Bertz CT molecular complexity index is 614. The number of rotatable bonds is 3. The molecular formula is C14H13IN2O2. The second-order valence-electron chi connectivity index (χ2n) is 4.12. The van der Waals surface area contributed by atoms with Crippen LogP contribution in [0.4, 0.5) is 0 Å². The van der Waals surface area contributed by atoms with E-state index in [4.69, 9.17) is 0 Å². The molecule has 0 aliphatic heterocycles. The lowest BCUT2D eigenvalue weighted by Crippen LogP contribution is -2.23. The number of halogens is 1. The van der Waals surface area contributed by atoms with Crippen molar-refractivity contribution in [3.8, 4) is 5.75 Å². The van der Waals surface area contributed by atoms with Gasteiger partial charge in [-0.15, -0.1) is 0 Å². The summed E-state index contributed by atoms with van der Waals surface area (Å²) in [6, 6.07) is 8.66. The number of phenols is 1. The Labute approximate surface area is 125 Å². The number of aryl methyl sites for hydroxylation is 1. The zero-order chi connectivity index (χ0) is 13.8. The molecule has 0 spiro atoms. The third-order valence-corrected chi connectivity index (χ3v) is 3.65. The number of benzene rings is 1. The third-order valence-electron chi connectivity index (χ3n) is 2.74. The van der Waals surface area contributed by atoms with E-state index in [0.29, 0.717) is 12.1 Å². The Morgan fingerprint density at radius 2 is 2.21 bits per heavy atom. The first-order valence-electron chi connectivity index (χ1n) is 5.75. The summed E-state index contributed by atoms with van der Waals surface area (Å²) >= 11 is 2.01. The Morgan fingerprint density at radius 1 is 1.42 bits per heavy atom. The second kappa shape index (κ2) is 6.01. The van der Waals surface area contributed by atoms with Crippen LogP contribution in [0.3, 0.4) is 0 Å². The molecule has 19 heavy (non-hydrogen) atoms. The molecule has 4 nitrogen and oxygen atoms in total. The van der Waals surface area contributed by atoms with Gasteiger partial charge >= 0.3 is 0 Å². The van der Waals surface area contributed by atoms with Gasteiger partial charge in [0, 0.05) is 11.8 Å². The van der Waals surface area contributed by atoms with Crippen LogP contribution >= 0.6 is 22.6 Å². The summed E-state index contributed by atoms with van der Waals surface area (Å²) < 4.78 is 0.717. The van der Waals surface area contributed by atoms with E-state index in [0.717, 1.165) is 14.8 Å². The number of carbonyl (C=O) groups is 1. The van der Waals surface area contributed by atoms with Gasteiger partial charge in [-0.2, -0.15) is 0 Å². The minimum Gasteiger partial charge on any atom is -0.507 e. The first-order chi connectivity index (χ1) is 9.08. The lowest BCUT2D eigenvalue weighted by Gasteiger charge is -2.07. The molecule has 0 bridgehead atoms. The van der Waals surface area contributed by atoms with Crippen molar-refractivity contribution in [3.05, 3.63) is 56.9 Å². The summed E-state index contributed by atoms with van der Waals surface area (Å²) in [5.41, 5.74) is 2.31. The summed E-state index contributed by atoms with van der Waals surface area (Å²) in [6.07, 6.45) is 1.70. The van der Waals surface area contributed by atoms with Crippen molar-refractivity contribution in [3.63, 3.8) is 0 Å². The number of hydrogen-bond acceptors (Lipinski definition) is 3. The van der Waals surface area contributed by atoms with Crippen molar-refractivity contribution in [2.24, 2.45) is 0 Å². The average molecular weight is 368 g/mol. The summed E-state index contributed by atoms with van der Waals surface area (Å²) in [4.78, 5) is 16.2. The lowest BCUT2D eigenvalue weighted by molar-refractivity contribution is 0.0950. The van der Waals surface area contributed by atoms with Crippen molar-refractivity contribution < 1.29 is 9.90 Å². The largest absolute Gasteiger partial charge is 0.507 e. The molecule has 5 heteroatoms. The van der Waals surface area contributed by atoms with Gasteiger partial charge in [0.25, 0.3) is 5.91 Å². The SMILES string of the molecule is Cc1cccnc1CNC(=O)c1ccc(I)c(O)c1. The zero-order valence-corrected chi connectivity index (χ0v) is 12.5. The number of amides is 1. The Kier molecular flexibility index (Phi) is 4.36. The predicted molar refractivity (Wildman–Crippen MR) is 81.0 cm³/mol. The van der Waals surface area contributed by atoms with Crippen molar-refractivity contribution in [1.29, 1.82) is 0 Å². The highest BCUT2D eigenvalue weighted by atomic mass is 127. The van der Waals surface area contributed by atoms with E-state index < -0.39 is 0 Å². The van der Waals surface area contributed by atoms with E-state index in [9.17, 15) is 9.90 Å². The van der Waals surface area contributed by atoms with Crippen LogP contribution in [0.15, 0.2) is 36.5 Å². The van der Waals surface area contributed by atoms with Gasteiger partial charge in [0.05, 0.1) is 15.8 Å². The number of pyridine rings is 1. The zero-order valence-electron chi connectivity index (χ0n) is 10.4. The molecule has 0 aliphatic carbocycles. The van der Waals surface area contributed by atoms with E-state index in [1.807, 2.05) is 41.6 Å². The van der Waals surface area contributed by atoms with Crippen molar-refractivity contribution in [2.75, 3.05) is 0 Å². The molecule has 0 fully saturated rings. The van der Waals surface area contributed by atoms with Crippen molar-refractivity contribution >= 4 is 28.5 Å². The molecule has 0 aliphatic rings. The molecule has 0 unspecified atom stereocenters. The molecule has 1 aromatic heterocycles. The quantitative estimate of drug-likeness (QED) is 0.819. The highest BCUT2D eigenvalue weighted by Gasteiger charge is 2.08. The van der Waals surface area contributed by atoms with Gasteiger partial charge < -0.3 is 10.4 Å². The Morgan fingerprint density at radius 3 is 2.89 bits per heavy atom. The lowest BCUT2D eigenvalue weighted by atomic mass is 10.2. The number of phenolic OH excluding ortho intramolecular Hbond substituents is 1. The summed E-state index contributed by atoms with van der Waals surface area (Å²) in [7, 11) is 0. The van der Waals surface area contributed by atoms with Crippen LogP contribution < -0.4 is 5.32 Å². The van der Waals surface area contributed by atoms with Crippen LogP contribution in [0.5, 0.6) is 5.75 Å². The fraction of sp³-hybridized carbons (Fsp3) is 0.143. The first-order valence-corrected chi connectivity index (χ1v) is 6.83. The average Bonchev–Trinajstić information content (AvgIpc) is 2.40. The van der Waals surface area contributed by atoms with Gasteiger partial charge in [0.15, 0.2) is 0 Å². The van der Waals surface area contributed by atoms with Gasteiger partial charge in [-0.05, 0) is 59.3 Å². The van der Waals surface area contributed by atoms with Gasteiger partial charge in [0.1, 0.15) is 5.75 Å². The van der Waals surface area contributed by atoms with Crippen molar-refractivity contribution in [2.45, 2.75) is 13.5 Å². The maximum absolute atomic E-state index is 11.9. The number of nitrogens with zero attached hydrogens (tertiary/aromatic N) is 1. The normalized spacial score (nSPS) is 10.2. The number of aromatic nitrogens is 1. The van der Waals surface area contributed by atoms with Crippen molar-refractivity contribution in [1.82, 2.24) is 10.3 Å². The molecule has 2 N–H and O–H groups in total. The number of aromatic hydroxyl groups is 1. The number of nitrogens with one attached hydrogen (secondary N) is 1. The van der Waals surface area contributed by atoms with E-state index in [1.54, 1.807) is 18.3 Å². The van der Waals surface area contributed by atoms with Crippen LogP contribution in [0, 0.1) is 10.5 Å². The van der Waals surface area contributed by atoms with Gasteiger partial charge in [-0.25, -0.2) is 0 Å². The highest BCUT2D eigenvalue weighted by Crippen LogP contribution is 2.20. The van der Waals surface area contributed by atoms with Crippen LogP contribution in [0.25, 0.3) is 0 Å². The molecule has 0 saturated carbocycles. The van der Waals surface area contributed by atoms with Crippen LogP contribution in [0.2, 0.25) is 0 Å². The molecule has 2 rings (SSSR count).